The molecule has 1 saturated carbocycles. The maximum absolute atomic E-state index is 11.7. The SMILES string of the molecule is CCOC(C)CNC(=O)CC1CCCCC1N. The Labute approximate surface area is 104 Å². The molecule has 0 radical (unpaired) electrons. The molecule has 17 heavy (non-hydrogen) atoms. The second kappa shape index (κ2) is 7.67. The van der Waals surface area contributed by atoms with Gasteiger partial charge in [-0.3, -0.25) is 4.79 Å². The molecule has 1 amide bonds. The number of hydrogen-bond acceptors (Lipinski definition) is 3. The maximum atomic E-state index is 11.7. The van der Waals surface area contributed by atoms with E-state index in [2.05, 4.69) is 5.32 Å². The molecule has 3 N–H and O–H groups in total. The van der Waals surface area contributed by atoms with Gasteiger partial charge in [0.2, 0.25) is 5.91 Å². The molecule has 3 atom stereocenters. The van der Waals surface area contributed by atoms with Gasteiger partial charge >= 0.3 is 0 Å². The van der Waals surface area contributed by atoms with Gasteiger partial charge in [0, 0.05) is 25.6 Å². The highest BCUT2D eigenvalue weighted by Gasteiger charge is 2.24. The molecule has 1 aliphatic carbocycles. The summed E-state index contributed by atoms with van der Waals surface area (Å²) in [5.41, 5.74) is 6.03. The summed E-state index contributed by atoms with van der Waals surface area (Å²) in [5, 5.41) is 2.92. The van der Waals surface area contributed by atoms with Gasteiger partial charge in [-0.25, -0.2) is 0 Å². The summed E-state index contributed by atoms with van der Waals surface area (Å²) in [6.45, 7) is 5.20. The van der Waals surface area contributed by atoms with Crippen LogP contribution >= 0.6 is 0 Å². The van der Waals surface area contributed by atoms with Crippen LogP contribution in [0.4, 0.5) is 0 Å². The Morgan fingerprint density at radius 3 is 2.82 bits per heavy atom. The standard InChI is InChI=1S/C13H26N2O2/c1-3-17-10(2)9-15-13(16)8-11-6-4-5-7-12(11)14/h10-12H,3-9,14H2,1-2H3,(H,15,16). The molecule has 0 aliphatic heterocycles. The molecule has 100 valence electrons. The quantitative estimate of drug-likeness (QED) is 0.740. The Kier molecular flexibility index (Phi) is 6.52. The lowest BCUT2D eigenvalue weighted by molar-refractivity contribution is -0.123. The van der Waals surface area contributed by atoms with Crippen molar-refractivity contribution in [2.75, 3.05) is 13.2 Å². The molecule has 0 heterocycles. The molecule has 0 aromatic rings. The third-order valence-electron chi connectivity index (χ3n) is 3.45. The zero-order valence-electron chi connectivity index (χ0n) is 11.1. The summed E-state index contributed by atoms with van der Waals surface area (Å²) < 4.78 is 5.36. The number of rotatable bonds is 6. The molecule has 0 bridgehead atoms. The summed E-state index contributed by atoms with van der Waals surface area (Å²) in [5.74, 6) is 0.477. The van der Waals surface area contributed by atoms with Gasteiger partial charge in [-0.2, -0.15) is 0 Å². The minimum Gasteiger partial charge on any atom is -0.377 e. The van der Waals surface area contributed by atoms with E-state index in [1.54, 1.807) is 0 Å². The van der Waals surface area contributed by atoms with Gasteiger partial charge in [0.05, 0.1) is 6.10 Å². The highest BCUT2D eigenvalue weighted by molar-refractivity contribution is 5.76. The first kappa shape index (κ1) is 14.5. The van der Waals surface area contributed by atoms with Crippen LogP contribution in [0.15, 0.2) is 0 Å². The fourth-order valence-corrected chi connectivity index (χ4v) is 2.40. The van der Waals surface area contributed by atoms with Crippen molar-refractivity contribution >= 4 is 5.91 Å². The molecule has 1 aliphatic rings. The topological polar surface area (TPSA) is 64.3 Å². The van der Waals surface area contributed by atoms with Crippen molar-refractivity contribution in [3.63, 3.8) is 0 Å². The van der Waals surface area contributed by atoms with Crippen LogP contribution in [-0.4, -0.2) is 31.2 Å². The molecule has 1 fully saturated rings. The second-order valence-corrected chi connectivity index (χ2v) is 4.98. The fraction of sp³-hybridized carbons (Fsp3) is 0.923. The molecule has 0 aromatic heterocycles. The minimum absolute atomic E-state index is 0.0870. The average Bonchev–Trinajstić information content (AvgIpc) is 2.30. The summed E-state index contributed by atoms with van der Waals surface area (Å²) in [4.78, 5) is 11.7. The summed E-state index contributed by atoms with van der Waals surface area (Å²) in [6, 6.07) is 0.207. The summed E-state index contributed by atoms with van der Waals surface area (Å²) in [7, 11) is 0. The Hall–Kier alpha value is -0.610. The Bertz CT molecular complexity index is 233. The Morgan fingerprint density at radius 1 is 1.47 bits per heavy atom. The molecule has 0 aromatic carbocycles. The van der Waals surface area contributed by atoms with Crippen LogP contribution in [0, 0.1) is 5.92 Å². The molecule has 4 nitrogen and oxygen atoms in total. The number of hydrogen-bond donors (Lipinski definition) is 2. The smallest absolute Gasteiger partial charge is 0.220 e. The Morgan fingerprint density at radius 2 is 2.18 bits per heavy atom. The highest BCUT2D eigenvalue weighted by Crippen LogP contribution is 2.25. The van der Waals surface area contributed by atoms with Crippen LogP contribution in [0.1, 0.15) is 46.0 Å². The summed E-state index contributed by atoms with van der Waals surface area (Å²) >= 11 is 0. The first-order valence-corrected chi connectivity index (χ1v) is 6.77. The van der Waals surface area contributed by atoms with Gasteiger partial charge in [0.25, 0.3) is 0 Å². The Balaban J connectivity index is 2.19. The lowest BCUT2D eigenvalue weighted by atomic mass is 9.83. The van der Waals surface area contributed by atoms with E-state index in [1.165, 1.54) is 12.8 Å². The maximum Gasteiger partial charge on any atom is 0.220 e. The molecule has 3 unspecified atom stereocenters. The van der Waals surface area contributed by atoms with E-state index >= 15 is 0 Å². The number of nitrogens with one attached hydrogen (secondary N) is 1. The average molecular weight is 242 g/mol. The molecule has 4 heteroatoms. The minimum atomic E-state index is 0.0870. The van der Waals surface area contributed by atoms with Crippen molar-refractivity contribution in [1.82, 2.24) is 5.32 Å². The van der Waals surface area contributed by atoms with Crippen LogP contribution in [0.3, 0.4) is 0 Å². The van der Waals surface area contributed by atoms with Crippen LogP contribution < -0.4 is 11.1 Å². The number of carbonyl (C=O) groups excluding carboxylic acids is 1. The van der Waals surface area contributed by atoms with Gasteiger partial charge in [-0.05, 0) is 32.6 Å². The number of amides is 1. The molecule has 0 saturated heterocycles. The number of nitrogens with two attached hydrogens (primary N) is 1. The van der Waals surface area contributed by atoms with E-state index in [1.807, 2.05) is 13.8 Å². The monoisotopic (exact) mass is 242 g/mol. The van der Waals surface area contributed by atoms with Crippen LogP contribution in [0.5, 0.6) is 0 Å². The van der Waals surface area contributed by atoms with E-state index in [4.69, 9.17) is 10.5 Å². The normalized spacial score (nSPS) is 26.5. The second-order valence-electron chi connectivity index (χ2n) is 4.98. The van der Waals surface area contributed by atoms with Gasteiger partial charge < -0.3 is 15.8 Å². The van der Waals surface area contributed by atoms with Crippen molar-refractivity contribution in [2.45, 2.75) is 58.1 Å². The largest absolute Gasteiger partial charge is 0.377 e. The third kappa shape index (κ3) is 5.50. The van der Waals surface area contributed by atoms with Gasteiger partial charge in [0.1, 0.15) is 0 Å². The van der Waals surface area contributed by atoms with Crippen molar-refractivity contribution in [3.8, 4) is 0 Å². The predicted octanol–water partition coefficient (Wildman–Crippen LogP) is 1.44. The van der Waals surface area contributed by atoms with Crippen LogP contribution in [-0.2, 0) is 9.53 Å². The summed E-state index contributed by atoms with van der Waals surface area (Å²) in [6.07, 6.45) is 5.23. The molecule has 1 rings (SSSR count). The highest BCUT2D eigenvalue weighted by atomic mass is 16.5. The zero-order valence-corrected chi connectivity index (χ0v) is 11.1. The first-order chi connectivity index (χ1) is 8.13. The molecular weight excluding hydrogens is 216 g/mol. The first-order valence-electron chi connectivity index (χ1n) is 6.77. The van der Waals surface area contributed by atoms with E-state index in [0.717, 1.165) is 12.8 Å². The van der Waals surface area contributed by atoms with Crippen LogP contribution in [0.2, 0.25) is 0 Å². The molecular formula is C13H26N2O2. The van der Waals surface area contributed by atoms with Gasteiger partial charge in [-0.15, -0.1) is 0 Å². The van der Waals surface area contributed by atoms with Gasteiger partial charge in [0.15, 0.2) is 0 Å². The lowest BCUT2D eigenvalue weighted by Gasteiger charge is -2.28. The number of ether oxygens (including phenoxy) is 1. The van der Waals surface area contributed by atoms with Crippen molar-refractivity contribution in [1.29, 1.82) is 0 Å². The fourth-order valence-electron chi connectivity index (χ4n) is 2.40. The predicted molar refractivity (Wildman–Crippen MR) is 68.6 cm³/mol. The van der Waals surface area contributed by atoms with Crippen LogP contribution in [0.25, 0.3) is 0 Å². The van der Waals surface area contributed by atoms with Crippen molar-refractivity contribution in [3.05, 3.63) is 0 Å². The number of carbonyl (C=O) groups is 1. The third-order valence-corrected chi connectivity index (χ3v) is 3.45. The lowest BCUT2D eigenvalue weighted by Crippen LogP contribution is -2.38. The van der Waals surface area contributed by atoms with Crippen molar-refractivity contribution in [2.24, 2.45) is 11.7 Å². The van der Waals surface area contributed by atoms with Crippen molar-refractivity contribution < 1.29 is 9.53 Å². The van der Waals surface area contributed by atoms with E-state index in [9.17, 15) is 4.79 Å². The molecule has 0 spiro atoms. The van der Waals surface area contributed by atoms with E-state index in [0.29, 0.717) is 25.5 Å². The van der Waals surface area contributed by atoms with E-state index < -0.39 is 0 Å². The van der Waals surface area contributed by atoms with E-state index in [-0.39, 0.29) is 18.1 Å². The zero-order chi connectivity index (χ0) is 12.7. The van der Waals surface area contributed by atoms with Gasteiger partial charge in [-0.1, -0.05) is 12.8 Å².